The number of carboxylic acid groups (broad SMARTS) is 1. The van der Waals surface area contributed by atoms with Crippen LogP contribution in [-0.4, -0.2) is 34.5 Å². The lowest BCUT2D eigenvalue weighted by molar-refractivity contribution is -0.146. The molecule has 1 heterocycles. The topological polar surface area (TPSA) is 106 Å². The van der Waals surface area contributed by atoms with Crippen molar-refractivity contribution in [3.8, 4) is 0 Å². The Morgan fingerprint density at radius 3 is 2.62 bits per heavy atom. The van der Waals surface area contributed by atoms with Gasteiger partial charge in [0.15, 0.2) is 5.13 Å². The lowest BCUT2D eigenvalue weighted by Gasteiger charge is -2.23. The predicted molar refractivity (Wildman–Crippen MR) is 86.8 cm³/mol. The zero-order valence-corrected chi connectivity index (χ0v) is 14.1. The summed E-state index contributed by atoms with van der Waals surface area (Å²) >= 11 is 1.04. The van der Waals surface area contributed by atoms with Gasteiger partial charge in [0.1, 0.15) is 4.88 Å². The summed E-state index contributed by atoms with van der Waals surface area (Å²) in [5.41, 5.74) is 0.483. The second-order valence-corrected chi connectivity index (χ2v) is 6.98. The fourth-order valence-electron chi connectivity index (χ4n) is 3.54. The van der Waals surface area contributed by atoms with Crippen LogP contribution in [0.25, 0.3) is 0 Å². The maximum absolute atomic E-state index is 12.6. The molecule has 8 heteroatoms. The van der Waals surface area contributed by atoms with Gasteiger partial charge in [-0.3, -0.25) is 9.59 Å². The molecule has 0 spiro atoms. The van der Waals surface area contributed by atoms with Crippen molar-refractivity contribution in [2.75, 3.05) is 11.9 Å². The number of nitrogens with one attached hydrogen (secondary N) is 1. The summed E-state index contributed by atoms with van der Waals surface area (Å²) in [6.07, 6.45) is 4.51. The van der Waals surface area contributed by atoms with Gasteiger partial charge in [-0.05, 0) is 32.1 Å². The highest BCUT2D eigenvalue weighted by atomic mass is 32.1. The fraction of sp³-hybridized carbons (Fsp3) is 0.500. The van der Waals surface area contributed by atoms with Crippen molar-refractivity contribution in [3.63, 3.8) is 0 Å². The van der Waals surface area contributed by atoms with Crippen LogP contribution in [0.1, 0.15) is 28.7 Å². The predicted octanol–water partition coefficient (Wildman–Crippen LogP) is 2.09. The van der Waals surface area contributed by atoms with Crippen LogP contribution in [0, 0.1) is 30.6 Å². The molecule has 7 nitrogen and oxygen atoms in total. The zero-order chi connectivity index (χ0) is 17.4. The van der Waals surface area contributed by atoms with Crippen molar-refractivity contribution < 1.29 is 24.2 Å². The lowest BCUT2D eigenvalue weighted by Crippen LogP contribution is -2.36. The molecule has 0 saturated heterocycles. The summed E-state index contributed by atoms with van der Waals surface area (Å²) in [5.74, 6) is -3.23. The number of aromatic nitrogens is 1. The van der Waals surface area contributed by atoms with E-state index in [2.05, 4.69) is 10.3 Å². The van der Waals surface area contributed by atoms with Gasteiger partial charge in [-0.15, -0.1) is 0 Å². The first-order valence-corrected chi connectivity index (χ1v) is 8.60. The minimum Gasteiger partial charge on any atom is -0.481 e. The number of amides is 1. The van der Waals surface area contributed by atoms with Gasteiger partial charge in [-0.2, -0.15) is 0 Å². The van der Waals surface area contributed by atoms with Crippen LogP contribution in [0.4, 0.5) is 5.13 Å². The molecule has 4 atom stereocenters. The van der Waals surface area contributed by atoms with E-state index in [1.807, 2.05) is 12.2 Å². The van der Waals surface area contributed by atoms with Gasteiger partial charge in [-0.1, -0.05) is 23.5 Å². The Hall–Kier alpha value is -2.22. The second kappa shape index (κ2) is 6.35. The first kappa shape index (κ1) is 16.6. The third-order valence-electron chi connectivity index (χ3n) is 4.53. The largest absolute Gasteiger partial charge is 0.481 e. The molecule has 2 aliphatic rings. The maximum Gasteiger partial charge on any atom is 0.350 e. The molecule has 0 aromatic carbocycles. The highest BCUT2D eigenvalue weighted by Gasteiger charge is 2.51. The quantitative estimate of drug-likeness (QED) is 0.622. The van der Waals surface area contributed by atoms with Crippen molar-refractivity contribution >= 4 is 34.3 Å². The third-order valence-corrected chi connectivity index (χ3v) is 5.59. The van der Waals surface area contributed by atoms with Crippen LogP contribution in [0.5, 0.6) is 0 Å². The fourth-order valence-corrected chi connectivity index (χ4v) is 4.40. The minimum absolute atomic E-state index is 0.0540. The smallest absolute Gasteiger partial charge is 0.350 e. The van der Waals surface area contributed by atoms with Crippen molar-refractivity contribution in [2.45, 2.75) is 20.3 Å². The number of esters is 1. The van der Waals surface area contributed by atoms with Gasteiger partial charge in [0.25, 0.3) is 0 Å². The number of nitrogens with zero attached hydrogens (tertiary/aromatic N) is 1. The molecule has 0 aliphatic heterocycles. The summed E-state index contributed by atoms with van der Waals surface area (Å²) in [6, 6.07) is 0. The van der Waals surface area contributed by atoms with Gasteiger partial charge in [0, 0.05) is 0 Å². The Labute approximate surface area is 142 Å². The molecule has 1 fully saturated rings. The molecule has 2 N–H and O–H groups in total. The monoisotopic (exact) mass is 350 g/mol. The van der Waals surface area contributed by atoms with E-state index in [1.165, 1.54) is 0 Å². The van der Waals surface area contributed by atoms with Crippen LogP contribution in [0.15, 0.2) is 12.2 Å². The molecule has 0 unspecified atom stereocenters. The molecule has 2 aliphatic carbocycles. The lowest BCUT2D eigenvalue weighted by atomic mass is 9.82. The Bertz CT molecular complexity index is 726. The van der Waals surface area contributed by atoms with Crippen LogP contribution >= 0.6 is 11.3 Å². The molecule has 1 amide bonds. The van der Waals surface area contributed by atoms with Gasteiger partial charge < -0.3 is 15.2 Å². The molecule has 128 valence electrons. The average molecular weight is 350 g/mol. The Morgan fingerprint density at radius 1 is 1.33 bits per heavy atom. The van der Waals surface area contributed by atoms with E-state index in [4.69, 9.17) is 4.74 Å². The summed E-state index contributed by atoms with van der Waals surface area (Å²) < 4.78 is 4.95. The number of carbonyl (C=O) groups excluding carboxylic acids is 2. The van der Waals surface area contributed by atoms with Crippen LogP contribution in [-0.2, 0) is 14.3 Å². The molecule has 3 rings (SSSR count). The van der Waals surface area contributed by atoms with E-state index < -0.39 is 23.8 Å². The number of aliphatic carboxylic acids is 1. The Kier molecular flexibility index (Phi) is 4.40. The molecule has 24 heavy (non-hydrogen) atoms. The first-order valence-electron chi connectivity index (χ1n) is 7.79. The number of anilines is 1. The van der Waals surface area contributed by atoms with E-state index >= 15 is 0 Å². The number of hydrogen-bond acceptors (Lipinski definition) is 6. The molecular formula is C16H18N2O5S. The standard InChI is InChI=1S/C16H18N2O5S/c1-3-23-15(22)12-7(2)17-16(24-12)18-13(19)10-8-4-5-9(6-8)11(10)14(20)21/h4-5,8-11H,3,6H2,1-2H3,(H,20,21)(H,17,18,19)/t8-,9+,10+,11+/m0/s1. The number of allylic oxidation sites excluding steroid dienone is 2. The number of hydrogen-bond donors (Lipinski definition) is 2. The molecule has 2 bridgehead atoms. The number of aryl methyl sites for hydroxylation is 1. The summed E-state index contributed by atoms with van der Waals surface area (Å²) in [4.78, 5) is 40.4. The van der Waals surface area contributed by atoms with Crippen molar-refractivity contribution in [3.05, 3.63) is 22.7 Å². The number of carboxylic acids is 1. The minimum atomic E-state index is -0.950. The van der Waals surface area contributed by atoms with Crippen molar-refractivity contribution in [2.24, 2.45) is 23.7 Å². The van der Waals surface area contributed by atoms with Gasteiger partial charge in [0.2, 0.25) is 5.91 Å². The molecule has 0 radical (unpaired) electrons. The molecule has 1 aromatic rings. The average Bonchev–Trinajstić information content (AvgIpc) is 3.20. The number of thiazole rings is 1. The maximum atomic E-state index is 12.6. The van der Waals surface area contributed by atoms with Gasteiger partial charge in [-0.25, -0.2) is 9.78 Å². The molecule has 1 aromatic heterocycles. The Balaban J connectivity index is 1.76. The second-order valence-electron chi connectivity index (χ2n) is 5.98. The molecular weight excluding hydrogens is 332 g/mol. The SMILES string of the molecule is CCOC(=O)c1sc(NC(=O)[C@H]2[C@H](C(=O)O)[C@@H]3C=C[C@H]2C3)nc1C. The number of carbonyl (C=O) groups is 3. The summed E-state index contributed by atoms with van der Waals surface area (Å²) in [5, 5.41) is 12.4. The van der Waals surface area contributed by atoms with Gasteiger partial charge >= 0.3 is 11.9 Å². The van der Waals surface area contributed by atoms with Crippen LogP contribution in [0.2, 0.25) is 0 Å². The van der Waals surface area contributed by atoms with Crippen molar-refractivity contribution in [1.29, 1.82) is 0 Å². The van der Waals surface area contributed by atoms with Crippen LogP contribution in [0.3, 0.4) is 0 Å². The van der Waals surface area contributed by atoms with E-state index in [0.29, 0.717) is 17.0 Å². The number of rotatable bonds is 5. The molecule has 1 saturated carbocycles. The van der Waals surface area contributed by atoms with Crippen LogP contribution < -0.4 is 5.32 Å². The zero-order valence-electron chi connectivity index (χ0n) is 13.3. The number of ether oxygens (including phenoxy) is 1. The van der Waals surface area contributed by atoms with E-state index in [1.54, 1.807) is 13.8 Å². The van der Waals surface area contributed by atoms with E-state index in [9.17, 15) is 19.5 Å². The Morgan fingerprint density at radius 2 is 2.00 bits per heavy atom. The normalized spacial score (nSPS) is 27.2. The van der Waals surface area contributed by atoms with Gasteiger partial charge in [0.05, 0.1) is 24.1 Å². The summed E-state index contributed by atoms with van der Waals surface area (Å²) in [7, 11) is 0. The number of fused-ring (bicyclic) bond motifs is 2. The first-order chi connectivity index (χ1) is 11.4. The third kappa shape index (κ3) is 2.82. The van der Waals surface area contributed by atoms with E-state index in [0.717, 1.165) is 11.3 Å². The van der Waals surface area contributed by atoms with Crippen molar-refractivity contribution in [1.82, 2.24) is 4.98 Å². The highest BCUT2D eigenvalue weighted by Crippen LogP contribution is 2.48. The highest BCUT2D eigenvalue weighted by molar-refractivity contribution is 7.17. The van der Waals surface area contributed by atoms with E-state index in [-0.39, 0.29) is 29.5 Å². The summed E-state index contributed by atoms with van der Waals surface area (Å²) in [6.45, 7) is 3.64.